The van der Waals surface area contributed by atoms with Gasteiger partial charge in [-0.05, 0) is 13.3 Å². The molecule has 20 heavy (non-hydrogen) atoms. The third-order valence-electron chi connectivity index (χ3n) is 3.09. The van der Waals surface area contributed by atoms with Crippen LogP contribution in [0.1, 0.15) is 34.1 Å². The number of nitrogens with zero attached hydrogens (tertiary/aromatic N) is 1. The van der Waals surface area contributed by atoms with E-state index in [2.05, 4.69) is 6.58 Å². The van der Waals surface area contributed by atoms with E-state index in [4.69, 9.17) is 9.57 Å². The standard InChI is InChI=1S/C14H21NO5/c1-6-8-19-12(18)14(5)7-9-20-15(11(14)17)10(16)13(2,3)4/h6H,1,7-9H2,2-5H3. The molecule has 1 heterocycles. The fraction of sp³-hybridized carbons (Fsp3) is 0.643. The molecule has 1 aliphatic rings. The summed E-state index contributed by atoms with van der Waals surface area (Å²) in [7, 11) is 0. The van der Waals surface area contributed by atoms with E-state index in [1.54, 1.807) is 20.8 Å². The van der Waals surface area contributed by atoms with Gasteiger partial charge in [-0.2, -0.15) is 5.06 Å². The molecule has 0 saturated carbocycles. The van der Waals surface area contributed by atoms with Crippen LogP contribution >= 0.6 is 0 Å². The SMILES string of the molecule is C=CCOC(=O)C1(C)CCON(C(=O)C(C)(C)C)C1=O. The zero-order chi connectivity index (χ0) is 15.6. The quantitative estimate of drug-likeness (QED) is 0.445. The van der Waals surface area contributed by atoms with Crippen molar-refractivity contribution in [3.8, 4) is 0 Å². The summed E-state index contributed by atoms with van der Waals surface area (Å²) >= 11 is 0. The van der Waals surface area contributed by atoms with E-state index in [1.165, 1.54) is 13.0 Å². The summed E-state index contributed by atoms with van der Waals surface area (Å²) in [5.74, 6) is -1.83. The van der Waals surface area contributed by atoms with Crippen molar-refractivity contribution in [1.82, 2.24) is 5.06 Å². The minimum Gasteiger partial charge on any atom is -0.461 e. The predicted molar refractivity (Wildman–Crippen MR) is 71.1 cm³/mol. The normalized spacial score (nSPS) is 23.4. The maximum atomic E-state index is 12.4. The Hall–Kier alpha value is -1.69. The molecule has 0 aromatic carbocycles. The number of hydrogen-bond acceptors (Lipinski definition) is 5. The first-order valence-electron chi connectivity index (χ1n) is 6.44. The second-order valence-electron chi connectivity index (χ2n) is 5.96. The molecule has 2 amide bonds. The summed E-state index contributed by atoms with van der Waals surface area (Å²) in [5.41, 5.74) is -2.18. The van der Waals surface area contributed by atoms with Gasteiger partial charge in [-0.3, -0.25) is 19.2 Å². The Balaban J connectivity index is 2.96. The number of ether oxygens (including phenoxy) is 1. The van der Waals surface area contributed by atoms with Crippen molar-refractivity contribution in [1.29, 1.82) is 0 Å². The fourth-order valence-corrected chi connectivity index (χ4v) is 1.67. The summed E-state index contributed by atoms with van der Waals surface area (Å²) in [4.78, 5) is 41.7. The van der Waals surface area contributed by atoms with Gasteiger partial charge in [0.2, 0.25) is 0 Å². The van der Waals surface area contributed by atoms with Crippen LogP contribution in [0.3, 0.4) is 0 Å². The maximum absolute atomic E-state index is 12.4. The summed E-state index contributed by atoms with van der Waals surface area (Å²) in [6, 6.07) is 0. The van der Waals surface area contributed by atoms with Gasteiger partial charge >= 0.3 is 5.97 Å². The third-order valence-corrected chi connectivity index (χ3v) is 3.09. The molecule has 1 saturated heterocycles. The molecule has 0 aromatic heterocycles. The lowest BCUT2D eigenvalue weighted by Crippen LogP contribution is -2.56. The summed E-state index contributed by atoms with van der Waals surface area (Å²) in [6.45, 7) is 10.1. The highest BCUT2D eigenvalue weighted by molar-refractivity contribution is 6.08. The molecule has 1 unspecified atom stereocenters. The number of imide groups is 1. The Labute approximate surface area is 118 Å². The lowest BCUT2D eigenvalue weighted by atomic mass is 9.84. The van der Waals surface area contributed by atoms with E-state index in [9.17, 15) is 14.4 Å². The highest BCUT2D eigenvalue weighted by Gasteiger charge is 2.51. The van der Waals surface area contributed by atoms with Crippen molar-refractivity contribution in [2.45, 2.75) is 34.1 Å². The predicted octanol–water partition coefficient (Wildman–Crippen LogP) is 1.46. The number of carbonyl (C=O) groups excluding carboxylic acids is 3. The zero-order valence-corrected chi connectivity index (χ0v) is 12.4. The number of hydroxylamine groups is 2. The molecule has 6 heteroatoms. The van der Waals surface area contributed by atoms with Crippen molar-refractivity contribution < 1.29 is 24.0 Å². The monoisotopic (exact) mass is 283 g/mol. The Morgan fingerprint density at radius 1 is 1.50 bits per heavy atom. The van der Waals surface area contributed by atoms with Crippen molar-refractivity contribution in [3.63, 3.8) is 0 Å². The third kappa shape index (κ3) is 3.07. The number of amides is 2. The molecule has 1 aliphatic heterocycles. The molecular formula is C14H21NO5. The van der Waals surface area contributed by atoms with Crippen LogP contribution in [-0.2, 0) is 24.0 Å². The molecular weight excluding hydrogens is 262 g/mol. The first-order valence-corrected chi connectivity index (χ1v) is 6.44. The van der Waals surface area contributed by atoms with E-state index >= 15 is 0 Å². The topological polar surface area (TPSA) is 72.9 Å². The molecule has 1 rings (SSSR count). The Bertz CT molecular complexity index is 437. The van der Waals surface area contributed by atoms with Crippen LogP contribution in [0.5, 0.6) is 0 Å². The summed E-state index contributed by atoms with van der Waals surface area (Å²) < 4.78 is 4.95. The Morgan fingerprint density at radius 2 is 2.10 bits per heavy atom. The maximum Gasteiger partial charge on any atom is 0.321 e. The van der Waals surface area contributed by atoms with Crippen LogP contribution in [0.2, 0.25) is 0 Å². The van der Waals surface area contributed by atoms with Crippen LogP contribution < -0.4 is 0 Å². The van der Waals surface area contributed by atoms with E-state index in [0.717, 1.165) is 0 Å². The Kier molecular flexibility index (Phi) is 4.70. The Morgan fingerprint density at radius 3 is 2.60 bits per heavy atom. The van der Waals surface area contributed by atoms with Crippen molar-refractivity contribution in [2.75, 3.05) is 13.2 Å². The number of hydrogen-bond donors (Lipinski definition) is 0. The minimum atomic E-state index is -1.40. The highest BCUT2D eigenvalue weighted by atomic mass is 16.7. The molecule has 1 atom stereocenters. The smallest absolute Gasteiger partial charge is 0.321 e. The lowest BCUT2D eigenvalue weighted by Gasteiger charge is -2.37. The molecule has 0 radical (unpaired) electrons. The second kappa shape index (κ2) is 5.75. The van der Waals surface area contributed by atoms with Crippen LogP contribution in [0.25, 0.3) is 0 Å². The molecule has 0 spiro atoms. The molecule has 0 N–H and O–H groups in total. The van der Waals surface area contributed by atoms with E-state index in [-0.39, 0.29) is 19.6 Å². The molecule has 112 valence electrons. The second-order valence-corrected chi connectivity index (χ2v) is 5.96. The van der Waals surface area contributed by atoms with Crippen LogP contribution in [0.4, 0.5) is 0 Å². The summed E-state index contributed by atoms with van der Waals surface area (Å²) in [6.07, 6.45) is 1.60. The van der Waals surface area contributed by atoms with E-state index in [0.29, 0.717) is 5.06 Å². The largest absolute Gasteiger partial charge is 0.461 e. The fourth-order valence-electron chi connectivity index (χ4n) is 1.67. The van der Waals surface area contributed by atoms with Gasteiger partial charge in [-0.1, -0.05) is 33.4 Å². The van der Waals surface area contributed by atoms with Gasteiger partial charge in [0.25, 0.3) is 11.8 Å². The zero-order valence-electron chi connectivity index (χ0n) is 12.4. The van der Waals surface area contributed by atoms with Crippen molar-refractivity contribution in [2.24, 2.45) is 10.8 Å². The van der Waals surface area contributed by atoms with Gasteiger partial charge in [0.1, 0.15) is 12.0 Å². The van der Waals surface area contributed by atoms with Gasteiger partial charge in [-0.15, -0.1) is 0 Å². The minimum absolute atomic E-state index is 0.0236. The summed E-state index contributed by atoms with van der Waals surface area (Å²) in [5, 5.41) is 0.693. The van der Waals surface area contributed by atoms with E-state index in [1.807, 2.05) is 0 Å². The molecule has 6 nitrogen and oxygen atoms in total. The average molecular weight is 283 g/mol. The van der Waals surface area contributed by atoms with Crippen LogP contribution in [0, 0.1) is 10.8 Å². The van der Waals surface area contributed by atoms with Crippen LogP contribution in [0.15, 0.2) is 12.7 Å². The number of rotatable bonds is 3. The van der Waals surface area contributed by atoms with E-state index < -0.39 is 28.6 Å². The molecule has 1 fully saturated rings. The van der Waals surface area contributed by atoms with Crippen molar-refractivity contribution >= 4 is 17.8 Å². The molecule has 0 aliphatic carbocycles. The van der Waals surface area contributed by atoms with Gasteiger partial charge in [-0.25, -0.2) is 0 Å². The highest BCUT2D eigenvalue weighted by Crippen LogP contribution is 2.33. The molecule has 0 aromatic rings. The first-order chi connectivity index (χ1) is 9.14. The first kappa shape index (κ1) is 16.4. The molecule has 0 bridgehead atoms. The lowest BCUT2D eigenvalue weighted by molar-refractivity contribution is -0.224. The van der Waals surface area contributed by atoms with Gasteiger partial charge in [0.15, 0.2) is 0 Å². The number of esters is 1. The van der Waals surface area contributed by atoms with Gasteiger partial charge in [0.05, 0.1) is 6.61 Å². The van der Waals surface area contributed by atoms with Gasteiger partial charge in [0, 0.05) is 5.41 Å². The van der Waals surface area contributed by atoms with Gasteiger partial charge < -0.3 is 4.74 Å². The average Bonchev–Trinajstić information content (AvgIpc) is 2.37. The number of carbonyl (C=O) groups is 3. The van der Waals surface area contributed by atoms with Crippen LogP contribution in [-0.4, -0.2) is 36.1 Å². The van der Waals surface area contributed by atoms with Crippen molar-refractivity contribution in [3.05, 3.63) is 12.7 Å².